The van der Waals surface area contributed by atoms with Crippen LogP contribution < -0.4 is 5.32 Å². The van der Waals surface area contributed by atoms with E-state index in [1.807, 2.05) is 29.9 Å². The molecule has 4 aromatic heterocycles. The molecular weight excluding hydrogens is 384 g/mol. The Hall–Kier alpha value is -2.49. The number of rotatable bonds is 5. The Morgan fingerprint density at radius 1 is 1.37 bits per heavy atom. The van der Waals surface area contributed by atoms with Gasteiger partial charge in [0.25, 0.3) is 0 Å². The summed E-state index contributed by atoms with van der Waals surface area (Å²) in [5, 5.41) is 11.5. The zero-order chi connectivity index (χ0) is 18.4. The number of anilines is 2. The van der Waals surface area contributed by atoms with E-state index in [0.29, 0.717) is 5.82 Å². The predicted octanol–water partition coefficient (Wildman–Crippen LogP) is 3.05. The van der Waals surface area contributed by atoms with E-state index in [1.165, 1.54) is 11.5 Å². The quantitative estimate of drug-likeness (QED) is 0.501. The number of nitrogens with one attached hydrogen (secondary N) is 2. The molecule has 0 radical (unpaired) electrons. The van der Waals surface area contributed by atoms with E-state index >= 15 is 0 Å². The number of fused-ring (bicyclic) bond motifs is 1. The number of hydrogen-bond acceptors (Lipinski definition) is 7. The van der Waals surface area contributed by atoms with Crippen LogP contribution in [0.1, 0.15) is 11.4 Å². The highest BCUT2D eigenvalue weighted by Crippen LogP contribution is 2.28. The van der Waals surface area contributed by atoms with E-state index in [4.69, 9.17) is 11.6 Å². The standard InChI is InChI=1S/C17H17ClN8S/c1-10-6-26-14(11-3-20-21-4-11)5-19-17(26)16(22-10)23-15-2-13(24-27-15)9-25-7-12(18)8-25/h2-6,12H,7-9H2,1H3,(H,20,21)(H,22,23). The molecule has 0 atom stereocenters. The molecule has 5 rings (SSSR count). The molecule has 0 spiro atoms. The van der Waals surface area contributed by atoms with Crippen molar-refractivity contribution in [3.8, 4) is 11.3 Å². The maximum absolute atomic E-state index is 6.04. The van der Waals surface area contributed by atoms with Crippen LogP contribution in [-0.2, 0) is 6.54 Å². The first-order chi connectivity index (χ1) is 13.2. The van der Waals surface area contributed by atoms with Crippen molar-refractivity contribution in [2.45, 2.75) is 18.8 Å². The van der Waals surface area contributed by atoms with Crippen molar-refractivity contribution in [3.63, 3.8) is 0 Å². The fourth-order valence-electron chi connectivity index (χ4n) is 3.22. The average molecular weight is 401 g/mol. The second-order valence-corrected chi connectivity index (χ2v) is 8.08. The fraction of sp³-hybridized carbons (Fsp3) is 0.294. The zero-order valence-corrected chi connectivity index (χ0v) is 16.1. The molecule has 0 bridgehead atoms. The number of likely N-dealkylation sites (tertiary alicyclic amines) is 1. The van der Waals surface area contributed by atoms with Gasteiger partial charge in [-0.2, -0.15) is 9.47 Å². The van der Waals surface area contributed by atoms with Gasteiger partial charge in [0, 0.05) is 37.6 Å². The molecule has 0 saturated carbocycles. The number of H-pyrrole nitrogens is 1. The van der Waals surface area contributed by atoms with Crippen molar-refractivity contribution < 1.29 is 0 Å². The summed E-state index contributed by atoms with van der Waals surface area (Å²) < 4.78 is 6.56. The first-order valence-corrected chi connectivity index (χ1v) is 9.79. The highest BCUT2D eigenvalue weighted by molar-refractivity contribution is 7.10. The Bertz CT molecular complexity index is 1080. The minimum Gasteiger partial charge on any atom is -0.328 e. The topological polar surface area (TPSA) is 87.0 Å². The van der Waals surface area contributed by atoms with Crippen LogP contribution in [0.25, 0.3) is 16.9 Å². The molecule has 0 aliphatic carbocycles. The lowest BCUT2D eigenvalue weighted by Crippen LogP contribution is -2.46. The van der Waals surface area contributed by atoms with E-state index in [1.54, 1.807) is 6.20 Å². The zero-order valence-electron chi connectivity index (χ0n) is 14.6. The SMILES string of the molecule is Cc1cn2c(-c3cn[nH]c3)cnc2c(Nc2cc(CN3CC(Cl)C3)ns2)n1. The Kier molecular flexibility index (Phi) is 4.07. The number of imidazole rings is 1. The van der Waals surface area contributed by atoms with E-state index < -0.39 is 0 Å². The molecule has 10 heteroatoms. The van der Waals surface area contributed by atoms with E-state index in [-0.39, 0.29) is 5.38 Å². The van der Waals surface area contributed by atoms with Gasteiger partial charge in [-0.1, -0.05) is 0 Å². The van der Waals surface area contributed by atoms with Crippen molar-refractivity contribution in [3.05, 3.63) is 42.2 Å². The summed E-state index contributed by atoms with van der Waals surface area (Å²) in [4.78, 5) is 11.5. The lowest BCUT2D eigenvalue weighted by Gasteiger charge is -2.34. The molecule has 1 aliphatic rings. The maximum Gasteiger partial charge on any atom is 0.180 e. The van der Waals surface area contributed by atoms with Crippen molar-refractivity contribution in [1.29, 1.82) is 0 Å². The first kappa shape index (κ1) is 16.7. The molecule has 1 fully saturated rings. The van der Waals surface area contributed by atoms with Gasteiger partial charge in [-0.05, 0) is 24.5 Å². The number of aryl methyl sites for hydroxylation is 1. The molecule has 0 aromatic carbocycles. The Morgan fingerprint density at radius 2 is 2.26 bits per heavy atom. The van der Waals surface area contributed by atoms with Crippen molar-refractivity contribution in [2.75, 3.05) is 18.4 Å². The molecule has 5 heterocycles. The van der Waals surface area contributed by atoms with Gasteiger partial charge in [0.2, 0.25) is 0 Å². The Balaban J connectivity index is 1.43. The third-order valence-corrected chi connectivity index (χ3v) is 5.52. The van der Waals surface area contributed by atoms with Crippen LogP contribution in [0.3, 0.4) is 0 Å². The van der Waals surface area contributed by atoms with Crippen LogP contribution in [-0.4, -0.2) is 52.3 Å². The van der Waals surface area contributed by atoms with Gasteiger partial charge in [0.1, 0.15) is 5.00 Å². The molecule has 0 amide bonds. The van der Waals surface area contributed by atoms with Crippen molar-refractivity contribution in [1.82, 2.24) is 33.8 Å². The van der Waals surface area contributed by atoms with E-state index in [0.717, 1.165) is 52.9 Å². The van der Waals surface area contributed by atoms with Gasteiger partial charge in [0.15, 0.2) is 11.5 Å². The van der Waals surface area contributed by atoms with Crippen LogP contribution in [0, 0.1) is 6.92 Å². The molecule has 4 aromatic rings. The highest BCUT2D eigenvalue weighted by Gasteiger charge is 2.25. The maximum atomic E-state index is 6.04. The Morgan fingerprint density at radius 3 is 3.04 bits per heavy atom. The lowest BCUT2D eigenvalue weighted by atomic mass is 10.2. The van der Waals surface area contributed by atoms with Gasteiger partial charge < -0.3 is 5.32 Å². The summed E-state index contributed by atoms with van der Waals surface area (Å²) in [5.41, 5.74) is 4.64. The van der Waals surface area contributed by atoms with Crippen molar-refractivity contribution in [2.24, 2.45) is 0 Å². The number of hydrogen-bond donors (Lipinski definition) is 2. The van der Waals surface area contributed by atoms with Crippen LogP contribution in [0.15, 0.2) is 30.9 Å². The molecule has 27 heavy (non-hydrogen) atoms. The summed E-state index contributed by atoms with van der Waals surface area (Å²) in [6.07, 6.45) is 7.43. The van der Waals surface area contributed by atoms with Gasteiger partial charge in [-0.3, -0.25) is 14.4 Å². The lowest BCUT2D eigenvalue weighted by molar-refractivity contribution is 0.176. The monoisotopic (exact) mass is 400 g/mol. The third-order valence-electron chi connectivity index (χ3n) is 4.51. The first-order valence-electron chi connectivity index (χ1n) is 8.58. The minimum absolute atomic E-state index is 0.274. The number of alkyl halides is 1. The predicted molar refractivity (Wildman–Crippen MR) is 106 cm³/mol. The van der Waals surface area contributed by atoms with Gasteiger partial charge >= 0.3 is 0 Å². The van der Waals surface area contributed by atoms with Crippen LogP contribution >= 0.6 is 23.1 Å². The number of aromatic amines is 1. The molecule has 8 nitrogen and oxygen atoms in total. The summed E-state index contributed by atoms with van der Waals surface area (Å²) >= 11 is 7.46. The van der Waals surface area contributed by atoms with Crippen molar-refractivity contribution >= 4 is 39.6 Å². The summed E-state index contributed by atoms with van der Waals surface area (Å²) in [6, 6.07) is 2.06. The molecule has 1 aliphatic heterocycles. The molecule has 138 valence electrons. The third kappa shape index (κ3) is 3.18. The van der Waals surface area contributed by atoms with E-state index in [9.17, 15) is 0 Å². The number of aromatic nitrogens is 6. The summed E-state index contributed by atoms with van der Waals surface area (Å²) in [6.45, 7) is 4.64. The number of nitrogens with zero attached hydrogens (tertiary/aromatic N) is 6. The second-order valence-electron chi connectivity index (χ2n) is 6.65. The Labute approximate surface area is 164 Å². The largest absolute Gasteiger partial charge is 0.328 e. The molecule has 2 N–H and O–H groups in total. The summed E-state index contributed by atoms with van der Waals surface area (Å²) in [7, 11) is 0. The number of halogens is 1. The smallest absolute Gasteiger partial charge is 0.180 e. The minimum atomic E-state index is 0.274. The molecular formula is C17H17ClN8S. The average Bonchev–Trinajstić information content (AvgIpc) is 3.33. The van der Waals surface area contributed by atoms with Gasteiger partial charge in [0.05, 0.1) is 34.9 Å². The molecule has 1 saturated heterocycles. The van der Waals surface area contributed by atoms with Crippen LogP contribution in [0.4, 0.5) is 10.8 Å². The van der Waals surface area contributed by atoms with E-state index in [2.05, 4.69) is 40.8 Å². The van der Waals surface area contributed by atoms with Crippen LogP contribution in [0.2, 0.25) is 0 Å². The fourth-order valence-corrected chi connectivity index (χ4v) is 4.27. The second kappa shape index (κ2) is 6.59. The van der Waals surface area contributed by atoms with Crippen LogP contribution in [0.5, 0.6) is 0 Å². The normalized spacial score (nSPS) is 15.3. The highest BCUT2D eigenvalue weighted by atomic mass is 35.5. The van der Waals surface area contributed by atoms with Gasteiger partial charge in [-0.25, -0.2) is 9.97 Å². The molecule has 0 unspecified atom stereocenters. The summed E-state index contributed by atoms with van der Waals surface area (Å²) in [5.74, 6) is 0.713. The van der Waals surface area contributed by atoms with Gasteiger partial charge in [-0.15, -0.1) is 11.6 Å².